The fourth-order valence-electron chi connectivity index (χ4n) is 3.04. The van der Waals surface area contributed by atoms with Crippen LogP contribution in [0.15, 0.2) is 85.2 Å². The summed E-state index contributed by atoms with van der Waals surface area (Å²) in [7, 11) is 1.77. The van der Waals surface area contributed by atoms with Crippen LogP contribution in [0.5, 0.6) is 5.75 Å². The minimum absolute atomic E-state index is 0.00165. The highest BCUT2D eigenvalue weighted by molar-refractivity contribution is 5.84. The molecular formula is C23H21N3O2. The van der Waals surface area contributed by atoms with Gasteiger partial charge in [0.15, 0.2) is 6.61 Å². The van der Waals surface area contributed by atoms with Crippen molar-refractivity contribution >= 4 is 16.7 Å². The Balaban J connectivity index is 1.35. The molecule has 1 heterocycles. The van der Waals surface area contributed by atoms with Gasteiger partial charge < -0.3 is 9.64 Å². The van der Waals surface area contributed by atoms with Crippen molar-refractivity contribution in [2.45, 2.75) is 6.54 Å². The Morgan fingerprint density at radius 1 is 1.00 bits per heavy atom. The molecule has 5 nitrogen and oxygen atoms in total. The van der Waals surface area contributed by atoms with Gasteiger partial charge in [-0.05, 0) is 35.0 Å². The van der Waals surface area contributed by atoms with Crippen LogP contribution in [-0.4, -0.2) is 34.2 Å². The number of likely N-dealkylation sites (N-methyl/N-ethyl adjacent to an activating group) is 1. The molecule has 0 fully saturated rings. The highest BCUT2D eigenvalue weighted by Gasteiger charge is 2.12. The van der Waals surface area contributed by atoms with E-state index in [1.807, 2.05) is 79.0 Å². The van der Waals surface area contributed by atoms with Crippen molar-refractivity contribution in [2.24, 2.45) is 0 Å². The first-order chi connectivity index (χ1) is 13.7. The van der Waals surface area contributed by atoms with Crippen LogP contribution in [0.1, 0.15) is 5.56 Å². The number of nitrogens with zero attached hydrogens (tertiary/aromatic N) is 3. The molecule has 0 N–H and O–H groups in total. The topological polar surface area (TPSA) is 47.4 Å². The second-order valence-corrected chi connectivity index (χ2v) is 6.68. The van der Waals surface area contributed by atoms with E-state index in [1.54, 1.807) is 22.8 Å². The zero-order valence-corrected chi connectivity index (χ0v) is 15.7. The maximum atomic E-state index is 12.4. The summed E-state index contributed by atoms with van der Waals surface area (Å²) < 4.78 is 7.50. The third-order valence-electron chi connectivity index (χ3n) is 4.59. The van der Waals surface area contributed by atoms with Crippen LogP contribution in [0.25, 0.3) is 16.5 Å². The van der Waals surface area contributed by atoms with Gasteiger partial charge >= 0.3 is 0 Å². The summed E-state index contributed by atoms with van der Waals surface area (Å²) in [5.41, 5.74) is 1.95. The second-order valence-electron chi connectivity index (χ2n) is 6.68. The van der Waals surface area contributed by atoms with Crippen LogP contribution in [0, 0.1) is 0 Å². The molecule has 1 amide bonds. The van der Waals surface area contributed by atoms with Gasteiger partial charge in [0.25, 0.3) is 5.91 Å². The Morgan fingerprint density at radius 3 is 2.57 bits per heavy atom. The molecule has 0 bridgehead atoms. The molecule has 5 heteroatoms. The second kappa shape index (κ2) is 7.96. The number of benzene rings is 3. The predicted octanol–water partition coefficient (Wildman–Crippen LogP) is 4.06. The lowest BCUT2D eigenvalue weighted by atomic mass is 10.1. The number of carbonyl (C=O) groups excluding carboxylic acids is 1. The third kappa shape index (κ3) is 4.04. The van der Waals surface area contributed by atoms with E-state index in [0.717, 1.165) is 22.0 Å². The fourth-order valence-corrected chi connectivity index (χ4v) is 3.04. The van der Waals surface area contributed by atoms with Crippen LogP contribution in [0.2, 0.25) is 0 Å². The van der Waals surface area contributed by atoms with Crippen molar-refractivity contribution in [3.05, 3.63) is 90.8 Å². The zero-order valence-electron chi connectivity index (χ0n) is 15.7. The van der Waals surface area contributed by atoms with Crippen LogP contribution in [-0.2, 0) is 11.3 Å². The SMILES string of the molecule is CN(Cc1cnn(-c2ccccc2)c1)C(=O)COc1ccc2ccccc2c1. The lowest BCUT2D eigenvalue weighted by Gasteiger charge is -2.16. The Morgan fingerprint density at radius 2 is 1.75 bits per heavy atom. The van der Waals surface area contributed by atoms with Gasteiger partial charge in [0, 0.05) is 25.4 Å². The summed E-state index contributed by atoms with van der Waals surface area (Å²) in [6, 6.07) is 23.8. The van der Waals surface area contributed by atoms with E-state index in [1.165, 1.54) is 0 Å². The third-order valence-corrected chi connectivity index (χ3v) is 4.59. The first-order valence-corrected chi connectivity index (χ1v) is 9.13. The average Bonchev–Trinajstić information content (AvgIpc) is 3.21. The predicted molar refractivity (Wildman–Crippen MR) is 109 cm³/mol. The summed E-state index contributed by atoms with van der Waals surface area (Å²) in [4.78, 5) is 14.1. The van der Waals surface area contributed by atoms with Gasteiger partial charge in [0.05, 0.1) is 11.9 Å². The van der Waals surface area contributed by atoms with E-state index in [4.69, 9.17) is 4.74 Å². The van der Waals surface area contributed by atoms with Gasteiger partial charge in [-0.3, -0.25) is 4.79 Å². The molecule has 0 saturated heterocycles. The number of amides is 1. The number of aromatic nitrogens is 2. The van der Waals surface area contributed by atoms with Crippen molar-refractivity contribution < 1.29 is 9.53 Å². The number of hydrogen-bond acceptors (Lipinski definition) is 3. The number of rotatable bonds is 6. The van der Waals surface area contributed by atoms with Crippen LogP contribution >= 0.6 is 0 Å². The maximum absolute atomic E-state index is 12.4. The molecule has 0 aliphatic heterocycles. The number of fused-ring (bicyclic) bond motifs is 1. The molecule has 0 unspecified atom stereocenters. The molecule has 0 radical (unpaired) electrons. The Labute approximate surface area is 163 Å². The van der Waals surface area contributed by atoms with Crippen molar-refractivity contribution in [2.75, 3.05) is 13.7 Å². The number of hydrogen-bond donors (Lipinski definition) is 0. The number of carbonyl (C=O) groups is 1. The normalized spacial score (nSPS) is 10.8. The molecule has 140 valence electrons. The van der Waals surface area contributed by atoms with E-state index in [2.05, 4.69) is 5.10 Å². The van der Waals surface area contributed by atoms with E-state index < -0.39 is 0 Å². The smallest absolute Gasteiger partial charge is 0.260 e. The van der Waals surface area contributed by atoms with Gasteiger partial charge in [-0.2, -0.15) is 5.10 Å². The Kier molecular flexibility index (Phi) is 5.06. The number of para-hydroxylation sites is 1. The van der Waals surface area contributed by atoms with E-state index in [9.17, 15) is 4.79 Å². The minimum Gasteiger partial charge on any atom is -0.484 e. The van der Waals surface area contributed by atoms with Crippen molar-refractivity contribution in [3.63, 3.8) is 0 Å². The zero-order chi connectivity index (χ0) is 19.3. The molecular weight excluding hydrogens is 350 g/mol. The highest BCUT2D eigenvalue weighted by atomic mass is 16.5. The molecule has 0 aliphatic rings. The van der Waals surface area contributed by atoms with Gasteiger partial charge in [-0.25, -0.2) is 4.68 Å². The Hall–Kier alpha value is -3.60. The lowest BCUT2D eigenvalue weighted by molar-refractivity contribution is -0.132. The summed E-state index contributed by atoms with van der Waals surface area (Å²) >= 11 is 0. The lowest BCUT2D eigenvalue weighted by Crippen LogP contribution is -2.30. The van der Waals surface area contributed by atoms with Crippen molar-refractivity contribution in [1.29, 1.82) is 0 Å². The standard InChI is InChI=1S/C23H21N3O2/c1-25(15-18-14-24-26(16-18)21-9-3-2-4-10-21)23(27)17-28-22-12-11-19-7-5-6-8-20(19)13-22/h2-14,16H,15,17H2,1H3. The van der Waals surface area contributed by atoms with E-state index in [0.29, 0.717) is 12.3 Å². The molecule has 0 atom stereocenters. The van der Waals surface area contributed by atoms with Gasteiger partial charge in [0.1, 0.15) is 5.75 Å². The minimum atomic E-state index is -0.0828. The van der Waals surface area contributed by atoms with Crippen molar-refractivity contribution in [1.82, 2.24) is 14.7 Å². The van der Waals surface area contributed by atoms with E-state index in [-0.39, 0.29) is 12.5 Å². The molecule has 0 saturated carbocycles. The van der Waals surface area contributed by atoms with Crippen LogP contribution < -0.4 is 4.74 Å². The summed E-state index contributed by atoms with van der Waals surface area (Å²) in [5.74, 6) is 0.609. The maximum Gasteiger partial charge on any atom is 0.260 e. The molecule has 4 rings (SSSR count). The molecule has 3 aromatic carbocycles. The van der Waals surface area contributed by atoms with Gasteiger partial charge in [-0.15, -0.1) is 0 Å². The number of ether oxygens (including phenoxy) is 1. The van der Waals surface area contributed by atoms with E-state index >= 15 is 0 Å². The molecule has 0 aliphatic carbocycles. The molecule has 4 aromatic rings. The van der Waals surface area contributed by atoms with Crippen LogP contribution in [0.4, 0.5) is 0 Å². The van der Waals surface area contributed by atoms with Crippen molar-refractivity contribution in [3.8, 4) is 11.4 Å². The first-order valence-electron chi connectivity index (χ1n) is 9.13. The Bertz CT molecular complexity index is 1090. The highest BCUT2D eigenvalue weighted by Crippen LogP contribution is 2.20. The quantitative estimate of drug-likeness (QED) is 0.513. The molecule has 1 aromatic heterocycles. The molecule has 28 heavy (non-hydrogen) atoms. The summed E-state index contributed by atoms with van der Waals surface area (Å²) in [6.07, 6.45) is 3.71. The average molecular weight is 371 g/mol. The monoisotopic (exact) mass is 371 g/mol. The summed E-state index contributed by atoms with van der Waals surface area (Å²) in [6.45, 7) is 0.481. The largest absolute Gasteiger partial charge is 0.484 e. The fraction of sp³-hybridized carbons (Fsp3) is 0.130. The van der Waals surface area contributed by atoms with Crippen LogP contribution in [0.3, 0.4) is 0 Å². The molecule has 0 spiro atoms. The first kappa shape index (κ1) is 17.8. The summed E-state index contributed by atoms with van der Waals surface area (Å²) in [5, 5.41) is 6.61. The van der Waals surface area contributed by atoms with Gasteiger partial charge in [0.2, 0.25) is 0 Å². The van der Waals surface area contributed by atoms with Gasteiger partial charge in [-0.1, -0.05) is 48.5 Å².